The molecule has 0 aromatic heterocycles. The summed E-state index contributed by atoms with van der Waals surface area (Å²) in [5.41, 5.74) is 0.448. The zero-order valence-corrected chi connectivity index (χ0v) is 11.5. The fourth-order valence-corrected chi connectivity index (χ4v) is 1.80. The zero-order chi connectivity index (χ0) is 12.8. The standard InChI is InChI=1S/C12H16ClNO2S/c1-8(7-16-2)6-14-12(15)10-5-9(17)3-4-11(10)13/h3-5,8,17H,6-7H2,1-2H3,(H,14,15). The first-order chi connectivity index (χ1) is 8.04. The van der Waals surface area contributed by atoms with Gasteiger partial charge in [0.2, 0.25) is 0 Å². The van der Waals surface area contributed by atoms with Crippen LogP contribution in [-0.4, -0.2) is 26.2 Å². The SMILES string of the molecule is COCC(C)CNC(=O)c1cc(S)ccc1Cl. The van der Waals surface area contributed by atoms with Gasteiger partial charge in [0.25, 0.3) is 5.91 Å². The smallest absolute Gasteiger partial charge is 0.252 e. The van der Waals surface area contributed by atoms with E-state index in [1.807, 2.05) is 6.92 Å². The molecule has 0 bridgehead atoms. The zero-order valence-electron chi connectivity index (χ0n) is 9.87. The molecule has 17 heavy (non-hydrogen) atoms. The normalized spacial score (nSPS) is 12.2. The predicted octanol–water partition coefficient (Wildman–Crippen LogP) is 2.64. The Kier molecular flexibility index (Phi) is 5.82. The van der Waals surface area contributed by atoms with Gasteiger partial charge >= 0.3 is 0 Å². The highest BCUT2D eigenvalue weighted by atomic mass is 35.5. The highest BCUT2D eigenvalue weighted by molar-refractivity contribution is 7.80. The van der Waals surface area contributed by atoms with Gasteiger partial charge in [0.05, 0.1) is 17.2 Å². The lowest BCUT2D eigenvalue weighted by molar-refractivity contribution is 0.0934. The summed E-state index contributed by atoms with van der Waals surface area (Å²) in [5.74, 6) is 0.0794. The number of hydrogen-bond donors (Lipinski definition) is 2. The lowest BCUT2D eigenvalue weighted by Crippen LogP contribution is -2.30. The number of methoxy groups -OCH3 is 1. The Morgan fingerprint density at radius 1 is 1.59 bits per heavy atom. The minimum atomic E-state index is -0.186. The molecule has 5 heteroatoms. The van der Waals surface area contributed by atoms with Crippen LogP contribution in [-0.2, 0) is 4.74 Å². The number of carbonyl (C=O) groups is 1. The number of amides is 1. The van der Waals surface area contributed by atoms with Crippen molar-refractivity contribution in [3.63, 3.8) is 0 Å². The van der Waals surface area contributed by atoms with Crippen molar-refractivity contribution >= 4 is 30.1 Å². The molecule has 0 saturated heterocycles. The second-order valence-corrected chi connectivity index (χ2v) is 4.86. The van der Waals surface area contributed by atoms with Crippen LogP contribution in [0.15, 0.2) is 23.1 Å². The summed E-state index contributed by atoms with van der Waals surface area (Å²) in [6, 6.07) is 5.06. The van der Waals surface area contributed by atoms with Crippen molar-refractivity contribution in [1.82, 2.24) is 5.32 Å². The second kappa shape index (κ2) is 6.89. The van der Waals surface area contributed by atoms with Crippen molar-refractivity contribution < 1.29 is 9.53 Å². The van der Waals surface area contributed by atoms with E-state index in [-0.39, 0.29) is 11.8 Å². The average molecular weight is 274 g/mol. The molecule has 1 amide bonds. The van der Waals surface area contributed by atoms with E-state index in [4.69, 9.17) is 16.3 Å². The van der Waals surface area contributed by atoms with Gasteiger partial charge in [-0.2, -0.15) is 0 Å². The molecule has 0 radical (unpaired) electrons. The van der Waals surface area contributed by atoms with E-state index < -0.39 is 0 Å². The van der Waals surface area contributed by atoms with Crippen molar-refractivity contribution in [2.45, 2.75) is 11.8 Å². The molecule has 0 fully saturated rings. The number of carbonyl (C=O) groups excluding carboxylic acids is 1. The molecule has 0 saturated carbocycles. The number of rotatable bonds is 5. The lowest BCUT2D eigenvalue weighted by atomic mass is 10.1. The van der Waals surface area contributed by atoms with Crippen LogP contribution in [0.25, 0.3) is 0 Å². The Morgan fingerprint density at radius 2 is 2.29 bits per heavy atom. The van der Waals surface area contributed by atoms with Crippen LogP contribution in [0, 0.1) is 5.92 Å². The third-order valence-corrected chi connectivity index (χ3v) is 2.86. The summed E-state index contributed by atoms with van der Waals surface area (Å²) < 4.78 is 4.99. The van der Waals surface area contributed by atoms with Crippen LogP contribution in [0.4, 0.5) is 0 Å². The van der Waals surface area contributed by atoms with E-state index in [9.17, 15) is 4.79 Å². The van der Waals surface area contributed by atoms with E-state index >= 15 is 0 Å². The van der Waals surface area contributed by atoms with Crippen LogP contribution in [0.3, 0.4) is 0 Å². The van der Waals surface area contributed by atoms with Gasteiger partial charge in [0, 0.05) is 18.6 Å². The highest BCUT2D eigenvalue weighted by Gasteiger charge is 2.11. The van der Waals surface area contributed by atoms with E-state index in [0.717, 1.165) is 0 Å². The second-order valence-electron chi connectivity index (χ2n) is 3.93. The highest BCUT2D eigenvalue weighted by Crippen LogP contribution is 2.19. The number of ether oxygens (including phenoxy) is 1. The number of hydrogen-bond acceptors (Lipinski definition) is 3. The van der Waals surface area contributed by atoms with Crippen molar-refractivity contribution in [2.24, 2.45) is 5.92 Å². The molecule has 0 spiro atoms. The molecule has 1 unspecified atom stereocenters. The Bertz CT molecular complexity index is 398. The molecule has 1 atom stereocenters. The van der Waals surface area contributed by atoms with Gasteiger partial charge in [-0.1, -0.05) is 18.5 Å². The van der Waals surface area contributed by atoms with Crippen LogP contribution in [0.1, 0.15) is 17.3 Å². The predicted molar refractivity (Wildman–Crippen MR) is 72.1 cm³/mol. The van der Waals surface area contributed by atoms with Crippen molar-refractivity contribution in [3.8, 4) is 0 Å². The molecular weight excluding hydrogens is 258 g/mol. The van der Waals surface area contributed by atoms with Gasteiger partial charge in [0.1, 0.15) is 0 Å². The van der Waals surface area contributed by atoms with Gasteiger partial charge in [0.15, 0.2) is 0 Å². The van der Waals surface area contributed by atoms with E-state index in [2.05, 4.69) is 17.9 Å². The largest absolute Gasteiger partial charge is 0.384 e. The Labute approximate surface area is 112 Å². The van der Waals surface area contributed by atoms with Crippen molar-refractivity contribution in [3.05, 3.63) is 28.8 Å². The van der Waals surface area contributed by atoms with Crippen LogP contribution < -0.4 is 5.32 Å². The van der Waals surface area contributed by atoms with Crippen LogP contribution in [0.5, 0.6) is 0 Å². The minimum Gasteiger partial charge on any atom is -0.384 e. The van der Waals surface area contributed by atoms with E-state index in [1.54, 1.807) is 25.3 Å². The Morgan fingerprint density at radius 3 is 2.94 bits per heavy atom. The lowest BCUT2D eigenvalue weighted by Gasteiger charge is -2.12. The van der Waals surface area contributed by atoms with E-state index in [0.29, 0.717) is 28.6 Å². The number of thiol groups is 1. The molecule has 0 heterocycles. The number of halogens is 1. The topological polar surface area (TPSA) is 38.3 Å². The first-order valence-corrected chi connectivity index (χ1v) is 6.12. The molecule has 1 rings (SSSR count). The summed E-state index contributed by atoms with van der Waals surface area (Å²) in [5, 5.41) is 3.24. The maximum absolute atomic E-state index is 11.9. The molecule has 1 aromatic rings. The van der Waals surface area contributed by atoms with Gasteiger partial charge in [-0.25, -0.2) is 0 Å². The molecule has 0 aliphatic carbocycles. The van der Waals surface area contributed by atoms with Crippen LogP contribution in [0.2, 0.25) is 5.02 Å². The Hall–Kier alpha value is -0.710. The van der Waals surface area contributed by atoms with Gasteiger partial charge in [-0.15, -0.1) is 12.6 Å². The first-order valence-electron chi connectivity index (χ1n) is 5.30. The number of benzene rings is 1. The van der Waals surface area contributed by atoms with Crippen molar-refractivity contribution in [1.29, 1.82) is 0 Å². The van der Waals surface area contributed by atoms with Gasteiger partial charge in [-0.3, -0.25) is 4.79 Å². The average Bonchev–Trinajstić information content (AvgIpc) is 2.29. The fraction of sp³-hybridized carbons (Fsp3) is 0.417. The molecule has 94 valence electrons. The maximum Gasteiger partial charge on any atom is 0.252 e. The molecular formula is C12H16ClNO2S. The van der Waals surface area contributed by atoms with E-state index in [1.165, 1.54) is 0 Å². The van der Waals surface area contributed by atoms with Gasteiger partial charge in [-0.05, 0) is 24.1 Å². The number of nitrogens with one attached hydrogen (secondary N) is 1. The summed E-state index contributed by atoms with van der Waals surface area (Å²) in [6.45, 7) is 3.17. The summed E-state index contributed by atoms with van der Waals surface area (Å²) in [4.78, 5) is 12.6. The Balaban J connectivity index is 2.61. The molecule has 1 N–H and O–H groups in total. The molecule has 0 aliphatic rings. The quantitative estimate of drug-likeness (QED) is 0.810. The monoisotopic (exact) mass is 273 g/mol. The minimum absolute atomic E-state index is 0.186. The van der Waals surface area contributed by atoms with Gasteiger partial charge < -0.3 is 10.1 Å². The fourth-order valence-electron chi connectivity index (χ4n) is 1.39. The third kappa shape index (κ3) is 4.58. The molecule has 1 aromatic carbocycles. The van der Waals surface area contributed by atoms with Crippen molar-refractivity contribution in [2.75, 3.05) is 20.3 Å². The molecule has 3 nitrogen and oxygen atoms in total. The maximum atomic E-state index is 11.9. The first kappa shape index (κ1) is 14.4. The molecule has 0 aliphatic heterocycles. The summed E-state index contributed by atoms with van der Waals surface area (Å²) >= 11 is 10.1. The summed E-state index contributed by atoms with van der Waals surface area (Å²) in [6.07, 6.45) is 0. The summed E-state index contributed by atoms with van der Waals surface area (Å²) in [7, 11) is 1.64. The van der Waals surface area contributed by atoms with Crippen LogP contribution >= 0.6 is 24.2 Å². The third-order valence-electron chi connectivity index (χ3n) is 2.26.